The first-order valence-corrected chi connectivity index (χ1v) is 5.80. The predicted molar refractivity (Wildman–Crippen MR) is 70.6 cm³/mol. The van der Waals surface area contributed by atoms with Gasteiger partial charge in [-0.15, -0.1) is 0 Å². The number of urea groups is 1. The summed E-state index contributed by atoms with van der Waals surface area (Å²) < 4.78 is 26.1. The van der Waals surface area contributed by atoms with Crippen molar-refractivity contribution in [2.24, 2.45) is 10.9 Å². The highest BCUT2D eigenvalue weighted by molar-refractivity contribution is 5.90. The van der Waals surface area contributed by atoms with E-state index in [9.17, 15) is 13.6 Å². The Morgan fingerprint density at radius 1 is 1.55 bits per heavy atom. The van der Waals surface area contributed by atoms with Crippen molar-refractivity contribution in [2.45, 2.75) is 19.4 Å². The number of hydrogen-bond acceptors (Lipinski definition) is 3. The van der Waals surface area contributed by atoms with E-state index in [2.05, 4.69) is 10.5 Å². The molecule has 1 rings (SSSR count). The molecule has 0 saturated heterocycles. The Morgan fingerprint density at radius 3 is 2.75 bits per heavy atom. The van der Waals surface area contributed by atoms with Gasteiger partial charge in [0.2, 0.25) is 0 Å². The summed E-state index contributed by atoms with van der Waals surface area (Å²) in [6.07, 6.45) is 0.159. The fourth-order valence-electron chi connectivity index (χ4n) is 1.47. The molecule has 1 unspecified atom stereocenters. The van der Waals surface area contributed by atoms with Gasteiger partial charge < -0.3 is 21.2 Å². The molecule has 0 aliphatic rings. The van der Waals surface area contributed by atoms with E-state index >= 15 is 0 Å². The van der Waals surface area contributed by atoms with Crippen LogP contribution in [0.15, 0.2) is 23.4 Å². The zero-order valence-corrected chi connectivity index (χ0v) is 11.1. The lowest BCUT2D eigenvalue weighted by molar-refractivity contribution is 0.208. The first-order valence-electron chi connectivity index (χ1n) is 5.80. The van der Waals surface area contributed by atoms with Crippen LogP contribution in [-0.2, 0) is 0 Å². The summed E-state index contributed by atoms with van der Waals surface area (Å²) in [6, 6.07) is 1.89. The molecule has 0 aliphatic heterocycles. The summed E-state index contributed by atoms with van der Waals surface area (Å²) in [4.78, 5) is 13.1. The van der Waals surface area contributed by atoms with E-state index in [1.165, 1.54) is 11.9 Å². The average molecular weight is 286 g/mol. The van der Waals surface area contributed by atoms with Gasteiger partial charge in [-0.1, -0.05) is 5.16 Å². The summed E-state index contributed by atoms with van der Waals surface area (Å²) in [5.74, 6) is -1.62. The molecule has 0 bridgehead atoms. The molecule has 20 heavy (non-hydrogen) atoms. The second-order valence-electron chi connectivity index (χ2n) is 4.31. The molecule has 110 valence electrons. The molecule has 1 aromatic carbocycles. The van der Waals surface area contributed by atoms with Crippen LogP contribution >= 0.6 is 0 Å². The fourth-order valence-corrected chi connectivity index (χ4v) is 1.47. The van der Waals surface area contributed by atoms with Crippen LogP contribution in [0.4, 0.5) is 19.3 Å². The van der Waals surface area contributed by atoms with Crippen molar-refractivity contribution < 1.29 is 18.8 Å². The highest BCUT2D eigenvalue weighted by Crippen LogP contribution is 2.16. The smallest absolute Gasteiger partial charge is 0.321 e. The average Bonchev–Trinajstić information content (AvgIpc) is 2.40. The zero-order valence-electron chi connectivity index (χ0n) is 11.1. The van der Waals surface area contributed by atoms with E-state index in [4.69, 9.17) is 10.9 Å². The van der Waals surface area contributed by atoms with E-state index in [1.54, 1.807) is 6.92 Å². The fraction of sp³-hybridized carbons (Fsp3) is 0.333. The topological polar surface area (TPSA) is 91.0 Å². The van der Waals surface area contributed by atoms with Gasteiger partial charge in [0.05, 0.1) is 5.69 Å². The number of oxime groups is 1. The summed E-state index contributed by atoms with van der Waals surface area (Å²) in [6.45, 7) is 1.68. The molecule has 0 fully saturated rings. The lowest BCUT2D eigenvalue weighted by Crippen LogP contribution is -2.40. The lowest BCUT2D eigenvalue weighted by Gasteiger charge is -2.24. The van der Waals surface area contributed by atoms with Crippen LogP contribution < -0.4 is 11.1 Å². The van der Waals surface area contributed by atoms with E-state index in [0.29, 0.717) is 6.07 Å². The lowest BCUT2D eigenvalue weighted by atomic mass is 10.2. The third-order valence-electron chi connectivity index (χ3n) is 2.79. The molecule has 0 aromatic heterocycles. The first-order chi connectivity index (χ1) is 9.35. The van der Waals surface area contributed by atoms with Gasteiger partial charge in [-0.25, -0.2) is 13.6 Å². The number of benzene rings is 1. The number of nitrogens with two attached hydrogens (primary N) is 1. The molecule has 6 nitrogen and oxygen atoms in total. The minimum absolute atomic E-state index is 0.0230. The number of nitrogens with zero attached hydrogens (tertiary/aromatic N) is 2. The monoisotopic (exact) mass is 286 g/mol. The Kier molecular flexibility index (Phi) is 5.24. The number of rotatable bonds is 4. The van der Waals surface area contributed by atoms with Gasteiger partial charge in [0.1, 0.15) is 17.5 Å². The largest absolute Gasteiger partial charge is 0.409 e. The van der Waals surface area contributed by atoms with Crippen molar-refractivity contribution >= 4 is 17.6 Å². The van der Waals surface area contributed by atoms with Crippen molar-refractivity contribution in [2.75, 3.05) is 12.4 Å². The highest BCUT2D eigenvalue weighted by Gasteiger charge is 2.18. The molecular formula is C12H16F2N4O2. The van der Waals surface area contributed by atoms with Crippen LogP contribution in [0.25, 0.3) is 0 Å². The number of amides is 2. The first kappa shape index (κ1) is 15.7. The summed E-state index contributed by atoms with van der Waals surface area (Å²) in [5, 5.41) is 13.6. The minimum atomic E-state index is -0.865. The van der Waals surface area contributed by atoms with Crippen LogP contribution in [-0.4, -0.2) is 35.1 Å². The van der Waals surface area contributed by atoms with Gasteiger partial charge in [-0.2, -0.15) is 0 Å². The Balaban J connectivity index is 2.70. The highest BCUT2D eigenvalue weighted by atomic mass is 19.1. The standard InChI is InChI=1S/C12H16F2N4O2/c1-7(5-11(15)17-20)18(2)12(19)16-10-4-3-8(13)6-9(10)14/h3-4,6-7,20H,5H2,1-2H3,(H2,15,17)(H,16,19). The van der Waals surface area contributed by atoms with Gasteiger partial charge in [-0.05, 0) is 19.1 Å². The Labute approximate surface area is 114 Å². The zero-order chi connectivity index (χ0) is 15.3. The molecule has 4 N–H and O–H groups in total. The van der Waals surface area contributed by atoms with Crippen LogP contribution in [0.2, 0.25) is 0 Å². The number of amidine groups is 1. The van der Waals surface area contributed by atoms with E-state index in [1.807, 2.05) is 0 Å². The van der Waals surface area contributed by atoms with E-state index in [-0.39, 0.29) is 24.0 Å². The van der Waals surface area contributed by atoms with Crippen molar-refractivity contribution in [3.63, 3.8) is 0 Å². The van der Waals surface area contributed by atoms with E-state index < -0.39 is 17.7 Å². The van der Waals surface area contributed by atoms with Gasteiger partial charge in [0.25, 0.3) is 0 Å². The molecule has 0 saturated carbocycles. The van der Waals surface area contributed by atoms with Gasteiger partial charge in [0.15, 0.2) is 0 Å². The molecule has 8 heteroatoms. The maximum atomic E-state index is 13.4. The number of carbonyl (C=O) groups excluding carboxylic acids is 1. The number of halogens is 2. The van der Waals surface area contributed by atoms with Crippen LogP contribution in [0.1, 0.15) is 13.3 Å². The number of carbonyl (C=O) groups is 1. The van der Waals surface area contributed by atoms with Crippen LogP contribution in [0.5, 0.6) is 0 Å². The minimum Gasteiger partial charge on any atom is -0.409 e. The second-order valence-corrected chi connectivity index (χ2v) is 4.31. The molecule has 2 amide bonds. The number of nitrogens with one attached hydrogen (secondary N) is 1. The van der Waals surface area contributed by atoms with Crippen molar-refractivity contribution in [1.82, 2.24) is 4.90 Å². The maximum absolute atomic E-state index is 13.4. The van der Waals surface area contributed by atoms with Crippen LogP contribution in [0, 0.1) is 11.6 Å². The van der Waals surface area contributed by atoms with Crippen LogP contribution in [0.3, 0.4) is 0 Å². The van der Waals surface area contributed by atoms with Gasteiger partial charge >= 0.3 is 6.03 Å². The summed E-state index contributed by atoms with van der Waals surface area (Å²) in [5.41, 5.74) is 5.22. The normalized spacial score (nSPS) is 12.9. The summed E-state index contributed by atoms with van der Waals surface area (Å²) in [7, 11) is 1.48. The quantitative estimate of drug-likeness (QED) is 0.342. The molecule has 0 radical (unpaired) electrons. The van der Waals surface area contributed by atoms with Crippen molar-refractivity contribution in [3.8, 4) is 0 Å². The SMILES string of the molecule is CC(CC(N)=NO)N(C)C(=O)Nc1ccc(F)cc1F. The number of anilines is 1. The van der Waals surface area contributed by atoms with Crippen molar-refractivity contribution in [3.05, 3.63) is 29.8 Å². The van der Waals surface area contributed by atoms with Gasteiger partial charge in [-0.3, -0.25) is 0 Å². The molecule has 0 heterocycles. The molecule has 1 atom stereocenters. The van der Waals surface area contributed by atoms with E-state index in [0.717, 1.165) is 12.1 Å². The molecule has 1 aromatic rings. The molecular weight excluding hydrogens is 270 g/mol. The van der Waals surface area contributed by atoms with Gasteiger partial charge in [0, 0.05) is 25.6 Å². The number of hydrogen-bond donors (Lipinski definition) is 3. The Bertz CT molecular complexity index is 522. The summed E-state index contributed by atoms with van der Waals surface area (Å²) >= 11 is 0. The molecule has 0 aliphatic carbocycles. The maximum Gasteiger partial charge on any atom is 0.321 e. The van der Waals surface area contributed by atoms with Crippen molar-refractivity contribution in [1.29, 1.82) is 0 Å². The third kappa shape index (κ3) is 4.08. The Morgan fingerprint density at radius 2 is 2.20 bits per heavy atom. The molecule has 0 spiro atoms. The predicted octanol–water partition coefficient (Wildman–Crippen LogP) is 1.95. The Hall–Kier alpha value is -2.38. The third-order valence-corrected chi connectivity index (χ3v) is 2.79. The second kappa shape index (κ2) is 6.69.